The number of aromatic nitrogens is 4. The van der Waals surface area contributed by atoms with Crippen LogP contribution in [0.25, 0.3) is 11.4 Å². The summed E-state index contributed by atoms with van der Waals surface area (Å²) in [6.45, 7) is 6.20. The zero-order valence-electron chi connectivity index (χ0n) is 17.5. The van der Waals surface area contributed by atoms with Crippen molar-refractivity contribution >= 4 is 39.6 Å². The Bertz CT molecular complexity index is 1230. The summed E-state index contributed by atoms with van der Waals surface area (Å²) in [6, 6.07) is 12.9. The Balaban J connectivity index is 1.51. The van der Waals surface area contributed by atoms with E-state index in [0.29, 0.717) is 22.2 Å². The molecule has 0 aliphatic carbocycles. The third-order valence-corrected chi connectivity index (χ3v) is 5.69. The lowest BCUT2D eigenvalue weighted by Crippen LogP contribution is -2.11. The Morgan fingerprint density at radius 3 is 2.71 bits per heavy atom. The molecule has 0 radical (unpaired) electrons. The molecule has 9 heteroatoms. The topological polar surface area (TPSA) is 111 Å². The van der Waals surface area contributed by atoms with E-state index in [9.17, 15) is 4.79 Å². The highest BCUT2D eigenvalue weighted by Gasteiger charge is 2.15. The molecular weight excluding hydrogens is 410 g/mol. The summed E-state index contributed by atoms with van der Waals surface area (Å²) in [6.07, 6.45) is 3.53. The zero-order chi connectivity index (χ0) is 22.0. The Kier molecular flexibility index (Phi) is 5.68. The first-order chi connectivity index (χ1) is 14.9. The normalized spacial score (nSPS) is 11.0. The van der Waals surface area contributed by atoms with Crippen molar-refractivity contribution in [2.75, 3.05) is 16.4 Å². The largest absolute Gasteiger partial charge is 0.397 e. The van der Waals surface area contributed by atoms with Crippen LogP contribution in [0, 0.1) is 6.92 Å². The van der Waals surface area contributed by atoms with Gasteiger partial charge in [0.25, 0.3) is 5.91 Å². The molecule has 0 saturated carbocycles. The van der Waals surface area contributed by atoms with Gasteiger partial charge in [0.1, 0.15) is 5.82 Å². The number of imidazole rings is 1. The van der Waals surface area contributed by atoms with Gasteiger partial charge in [0.05, 0.1) is 38.8 Å². The van der Waals surface area contributed by atoms with Crippen molar-refractivity contribution < 1.29 is 4.79 Å². The molecule has 4 rings (SSSR count). The van der Waals surface area contributed by atoms with Crippen molar-refractivity contribution in [3.05, 3.63) is 65.6 Å². The van der Waals surface area contributed by atoms with Gasteiger partial charge in [-0.25, -0.2) is 15.0 Å². The smallest absolute Gasteiger partial charge is 0.265 e. The summed E-state index contributed by atoms with van der Waals surface area (Å²) in [4.78, 5) is 26.5. The standard InChI is InChI=1S/C22H23N7OS/c1-13(2)29-14(3)25-12-18(29)17-10-11-24-22(27-17)28-20-9-8-19(31-20)21(30)26-16-7-5-4-6-15(16)23/h4-13H,23H2,1-3H3,(H,26,30)(H,24,27,28). The minimum absolute atomic E-state index is 0.220. The van der Waals surface area contributed by atoms with Crippen LogP contribution < -0.4 is 16.4 Å². The summed E-state index contributed by atoms with van der Waals surface area (Å²) in [5.41, 5.74) is 8.72. The van der Waals surface area contributed by atoms with Crippen LogP contribution in [0.2, 0.25) is 0 Å². The highest BCUT2D eigenvalue weighted by atomic mass is 32.1. The van der Waals surface area contributed by atoms with Crippen LogP contribution in [0.5, 0.6) is 0 Å². The number of hydrogen-bond acceptors (Lipinski definition) is 7. The van der Waals surface area contributed by atoms with Crippen LogP contribution in [0.4, 0.5) is 22.3 Å². The van der Waals surface area contributed by atoms with Gasteiger partial charge in [-0.1, -0.05) is 12.1 Å². The van der Waals surface area contributed by atoms with E-state index in [1.54, 1.807) is 24.4 Å². The van der Waals surface area contributed by atoms with E-state index >= 15 is 0 Å². The van der Waals surface area contributed by atoms with Gasteiger partial charge in [-0.15, -0.1) is 11.3 Å². The monoisotopic (exact) mass is 433 g/mol. The van der Waals surface area contributed by atoms with Gasteiger partial charge in [-0.3, -0.25) is 4.79 Å². The molecule has 0 bridgehead atoms. The molecule has 0 fully saturated rings. The van der Waals surface area contributed by atoms with Crippen molar-refractivity contribution in [1.29, 1.82) is 0 Å². The lowest BCUT2D eigenvalue weighted by molar-refractivity contribution is 0.103. The number of thiophene rings is 1. The number of nitrogens with one attached hydrogen (secondary N) is 2. The van der Waals surface area contributed by atoms with Gasteiger partial charge in [-0.05, 0) is 51.1 Å². The molecule has 0 atom stereocenters. The first-order valence-corrected chi connectivity index (χ1v) is 10.6. The number of nitrogens with two attached hydrogens (primary N) is 1. The molecule has 4 aromatic rings. The van der Waals surface area contributed by atoms with Crippen molar-refractivity contribution in [1.82, 2.24) is 19.5 Å². The van der Waals surface area contributed by atoms with Crippen molar-refractivity contribution in [3.63, 3.8) is 0 Å². The van der Waals surface area contributed by atoms with Crippen LogP contribution in [-0.4, -0.2) is 25.4 Å². The maximum absolute atomic E-state index is 12.5. The number of rotatable bonds is 6. The summed E-state index contributed by atoms with van der Waals surface area (Å²) in [5, 5.41) is 6.77. The maximum Gasteiger partial charge on any atom is 0.265 e. The molecule has 4 N–H and O–H groups in total. The van der Waals surface area contributed by atoms with E-state index < -0.39 is 0 Å². The van der Waals surface area contributed by atoms with Gasteiger partial charge in [0.15, 0.2) is 0 Å². The Morgan fingerprint density at radius 2 is 1.94 bits per heavy atom. The Hall–Kier alpha value is -3.72. The zero-order valence-corrected chi connectivity index (χ0v) is 18.3. The number of carbonyl (C=O) groups excluding carboxylic acids is 1. The highest BCUT2D eigenvalue weighted by Crippen LogP contribution is 2.28. The van der Waals surface area contributed by atoms with E-state index in [-0.39, 0.29) is 11.9 Å². The third kappa shape index (κ3) is 4.41. The molecule has 1 aromatic carbocycles. The molecular formula is C22H23N7OS. The highest BCUT2D eigenvalue weighted by molar-refractivity contribution is 7.18. The molecule has 1 amide bonds. The second kappa shape index (κ2) is 8.57. The third-order valence-electron chi connectivity index (χ3n) is 4.69. The number of hydrogen-bond donors (Lipinski definition) is 3. The van der Waals surface area contributed by atoms with Crippen LogP contribution in [-0.2, 0) is 0 Å². The molecule has 0 unspecified atom stereocenters. The molecule has 31 heavy (non-hydrogen) atoms. The Morgan fingerprint density at radius 1 is 1.13 bits per heavy atom. The fourth-order valence-electron chi connectivity index (χ4n) is 3.29. The number of para-hydroxylation sites is 2. The van der Waals surface area contributed by atoms with Gasteiger partial charge < -0.3 is 20.9 Å². The summed E-state index contributed by atoms with van der Waals surface area (Å²) in [7, 11) is 0. The molecule has 0 saturated heterocycles. The molecule has 8 nitrogen and oxygen atoms in total. The maximum atomic E-state index is 12.5. The number of carbonyl (C=O) groups is 1. The van der Waals surface area contributed by atoms with Crippen molar-refractivity contribution in [3.8, 4) is 11.4 Å². The average molecular weight is 434 g/mol. The lowest BCUT2D eigenvalue weighted by atomic mass is 10.2. The lowest BCUT2D eigenvalue weighted by Gasteiger charge is -2.14. The van der Waals surface area contributed by atoms with Crippen molar-refractivity contribution in [2.24, 2.45) is 0 Å². The second-order valence-electron chi connectivity index (χ2n) is 7.25. The van der Waals surface area contributed by atoms with Gasteiger partial charge in [0, 0.05) is 12.2 Å². The van der Waals surface area contributed by atoms with Gasteiger partial charge in [0.2, 0.25) is 5.95 Å². The molecule has 0 aliphatic rings. The molecule has 3 aromatic heterocycles. The number of anilines is 4. The molecule has 0 aliphatic heterocycles. The first-order valence-electron chi connectivity index (χ1n) is 9.82. The van der Waals surface area contributed by atoms with E-state index in [0.717, 1.165) is 22.2 Å². The number of nitrogens with zero attached hydrogens (tertiary/aromatic N) is 4. The van der Waals surface area contributed by atoms with Crippen molar-refractivity contribution in [2.45, 2.75) is 26.8 Å². The van der Waals surface area contributed by atoms with Crippen LogP contribution >= 0.6 is 11.3 Å². The fraction of sp³-hybridized carbons (Fsp3) is 0.182. The molecule has 0 spiro atoms. The number of aryl methyl sites for hydroxylation is 1. The molecule has 3 heterocycles. The molecule has 158 valence electrons. The summed E-state index contributed by atoms with van der Waals surface area (Å²) >= 11 is 1.31. The summed E-state index contributed by atoms with van der Waals surface area (Å²) < 4.78 is 2.13. The van der Waals surface area contributed by atoms with E-state index in [2.05, 4.69) is 44.0 Å². The predicted molar refractivity (Wildman–Crippen MR) is 125 cm³/mol. The minimum atomic E-state index is -0.220. The van der Waals surface area contributed by atoms with Crippen LogP contribution in [0.3, 0.4) is 0 Å². The minimum Gasteiger partial charge on any atom is -0.397 e. The number of benzene rings is 1. The number of nitrogen functional groups attached to an aromatic ring is 1. The fourth-order valence-corrected chi connectivity index (χ4v) is 4.08. The van der Waals surface area contributed by atoms with Crippen LogP contribution in [0.1, 0.15) is 35.4 Å². The quantitative estimate of drug-likeness (QED) is 0.374. The van der Waals surface area contributed by atoms with E-state index in [1.165, 1.54) is 11.3 Å². The van der Waals surface area contributed by atoms with Gasteiger partial charge in [-0.2, -0.15) is 0 Å². The second-order valence-corrected chi connectivity index (χ2v) is 8.33. The SMILES string of the molecule is Cc1ncc(-c2ccnc(Nc3ccc(C(=O)Nc4ccccc4N)s3)n2)n1C(C)C. The van der Waals surface area contributed by atoms with Crippen LogP contribution in [0.15, 0.2) is 54.9 Å². The van der Waals surface area contributed by atoms with E-state index in [4.69, 9.17) is 5.73 Å². The number of amides is 1. The summed E-state index contributed by atoms with van der Waals surface area (Å²) in [5.74, 6) is 1.17. The van der Waals surface area contributed by atoms with E-state index in [1.807, 2.05) is 37.4 Å². The van der Waals surface area contributed by atoms with Gasteiger partial charge >= 0.3 is 0 Å². The predicted octanol–water partition coefficient (Wildman–Crippen LogP) is 4.87. The average Bonchev–Trinajstić information content (AvgIpc) is 3.36. The first kappa shape index (κ1) is 20.5. The Labute approximate surface area is 184 Å².